The zero-order valence-electron chi connectivity index (χ0n) is 10.8. The van der Waals surface area contributed by atoms with Gasteiger partial charge in [0.2, 0.25) is 0 Å². The summed E-state index contributed by atoms with van der Waals surface area (Å²) >= 11 is 6.12. The maximum Gasteiger partial charge on any atom is 0.180 e. The molecule has 5 heteroatoms. The van der Waals surface area contributed by atoms with E-state index < -0.39 is 9.84 Å². The van der Waals surface area contributed by atoms with Crippen molar-refractivity contribution in [3.8, 4) is 0 Å². The zero-order chi connectivity index (χ0) is 13.6. The van der Waals surface area contributed by atoms with Crippen LogP contribution in [-0.2, 0) is 9.84 Å². The minimum Gasteiger partial charge on any atom is -0.383 e. The highest BCUT2D eigenvalue weighted by Gasteiger charge is 2.16. The molecular weight excluding hydrogens is 270 g/mol. The highest BCUT2D eigenvalue weighted by molar-refractivity contribution is 7.91. The normalized spacial score (nSPS) is 13.3. The van der Waals surface area contributed by atoms with Crippen molar-refractivity contribution in [1.29, 1.82) is 0 Å². The Kier molecular flexibility index (Phi) is 5.96. The number of hydrogen-bond donors (Lipinski definition) is 1. The summed E-state index contributed by atoms with van der Waals surface area (Å²) in [6.45, 7) is 4.30. The lowest BCUT2D eigenvalue weighted by atomic mass is 10.2. The molecule has 1 N–H and O–H groups in total. The van der Waals surface area contributed by atoms with Crippen molar-refractivity contribution in [3.05, 3.63) is 24.3 Å². The number of sulfone groups is 1. The molecule has 0 amide bonds. The molecule has 0 aromatic heterocycles. The monoisotopic (exact) mass is 289 g/mol. The third kappa shape index (κ3) is 4.18. The summed E-state index contributed by atoms with van der Waals surface area (Å²) in [7, 11) is -3.19. The van der Waals surface area contributed by atoms with E-state index in [1.54, 1.807) is 25.1 Å². The first-order valence-corrected chi connectivity index (χ1v) is 8.29. The van der Waals surface area contributed by atoms with E-state index in [0.29, 0.717) is 17.1 Å². The Bertz CT molecular complexity index is 474. The predicted molar refractivity (Wildman–Crippen MR) is 77.2 cm³/mol. The average Bonchev–Trinajstić information content (AvgIpc) is 2.37. The molecule has 0 aliphatic rings. The Morgan fingerprint density at radius 2 is 1.94 bits per heavy atom. The molecule has 1 unspecified atom stereocenters. The van der Waals surface area contributed by atoms with Gasteiger partial charge in [0.1, 0.15) is 0 Å². The van der Waals surface area contributed by atoms with E-state index in [1.807, 2.05) is 6.07 Å². The molecule has 0 aliphatic carbocycles. The molecule has 0 heterocycles. The molecule has 0 saturated carbocycles. The number of para-hydroxylation sites is 1. The maximum absolute atomic E-state index is 11.9. The summed E-state index contributed by atoms with van der Waals surface area (Å²) in [5, 5.41) is 3.15. The quantitative estimate of drug-likeness (QED) is 0.784. The van der Waals surface area contributed by atoms with E-state index in [-0.39, 0.29) is 11.1 Å². The highest BCUT2D eigenvalue weighted by atomic mass is 35.5. The van der Waals surface area contributed by atoms with E-state index in [2.05, 4.69) is 12.2 Å². The lowest BCUT2D eigenvalue weighted by Gasteiger charge is -2.14. The van der Waals surface area contributed by atoms with Crippen molar-refractivity contribution >= 4 is 27.1 Å². The molecule has 1 aromatic rings. The summed E-state index contributed by atoms with van der Waals surface area (Å²) in [5.41, 5.74) is 0.640. The van der Waals surface area contributed by atoms with Gasteiger partial charge in [-0.2, -0.15) is 0 Å². The minimum absolute atomic E-state index is 0.0207. The second-order valence-electron chi connectivity index (χ2n) is 4.17. The fourth-order valence-corrected chi connectivity index (χ4v) is 3.04. The fraction of sp³-hybridized carbons (Fsp3) is 0.538. The number of hydrogen-bond acceptors (Lipinski definition) is 3. The summed E-state index contributed by atoms with van der Waals surface area (Å²) in [4.78, 5) is 0.355. The van der Waals surface area contributed by atoms with Crippen LogP contribution in [0.25, 0.3) is 0 Å². The number of nitrogens with one attached hydrogen (secondary N) is 1. The average molecular weight is 290 g/mol. The van der Waals surface area contributed by atoms with Gasteiger partial charge in [-0.25, -0.2) is 8.42 Å². The zero-order valence-corrected chi connectivity index (χ0v) is 12.4. The van der Waals surface area contributed by atoms with E-state index >= 15 is 0 Å². The molecular formula is C13H20ClNO2S. The molecule has 18 heavy (non-hydrogen) atoms. The van der Waals surface area contributed by atoms with Crippen LogP contribution in [0.3, 0.4) is 0 Å². The van der Waals surface area contributed by atoms with E-state index in [4.69, 9.17) is 11.6 Å². The van der Waals surface area contributed by atoms with Crippen LogP contribution in [0.1, 0.15) is 26.7 Å². The van der Waals surface area contributed by atoms with Crippen LogP contribution in [0.15, 0.2) is 29.2 Å². The van der Waals surface area contributed by atoms with Crippen molar-refractivity contribution in [2.24, 2.45) is 0 Å². The molecule has 0 bridgehead atoms. The first-order chi connectivity index (χ1) is 8.51. The van der Waals surface area contributed by atoms with Gasteiger partial charge in [-0.15, -0.1) is 11.6 Å². The summed E-state index contributed by atoms with van der Waals surface area (Å²) in [5.74, 6) is 0.102. The Balaban J connectivity index is 2.84. The summed E-state index contributed by atoms with van der Waals surface area (Å²) < 4.78 is 23.8. The molecule has 0 aliphatic heterocycles. The van der Waals surface area contributed by atoms with Crippen LogP contribution >= 0.6 is 11.6 Å². The lowest BCUT2D eigenvalue weighted by molar-refractivity contribution is 0.597. The number of benzene rings is 1. The third-order valence-corrected chi connectivity index (χ3v) is 4.88. The molecule has 0 spiro atoms. The van der Waals surface area contributed by atoms with Gasteiger partial charge < -0.3 is 5.32 Å². The van der Waals surface area contributed by atoms with Crippen molar-refractivity contribution in [2.75, 3.05) is 17.6 Å². The Morgan fingerprint density at radius 3 is 2.56 bits per heavy atom. The Morgan fingerprint density at radius 1 is 1.28 bits per heavy atom. The van der Waals surface area contributed by atoms with Gasteiger partial charge in [0.15, 0.2) is 9.84 Å². The SMILES string of the molecule is CCCC(Cl)CNc1ccccc1S(=O)(=O)CC. The van der Waals surface area contributed by atoms with Gasteiger partial charge in [-0.05, 0) is 18.6 Å². The summed E-state index contributed by atoms with van der Waals surface area (Å²) in [6, 6.07) is 6.96. The number of alkyl halides is 1. The molecule has 3 nitrogen and oxygen atoms in total. The third-order valence-electron chi connectivity index (χ3n) is 2.72. The topological polar surface area (TPSA) is 46.2 Å². The first-order valence-electron chi connectivity index (χ1n) is 6.21. The van der Waals surface area contributed by atoms with Crippen LogP contribution in [-0.4, -0.2) is 26.1 Å². The Labute approximate surface area is 114 Å². The van der Waals surface area contributed by atoms with Crippen LogP contribution in [0, 0.1) is 0 Å². The van der Waals surface area contributed by atoms with Crippen LogP contribution in [0.4, 0.5) is 5.69 Å². The van der Waals surface area contributed by atoms with Gasteiger partial charge in [0.05, 0.1) is 21.7 Å². The highest BCUT2D eigenvalue weighted by Crippen LogP contribution is 2.22. The number of anilines is 1. The molecule has 102 valence electrons. The molecule has 0 radical (unpaired) electrons. The van der Waals surface area contributed by atoms with Crippen LogP contribution in [0.2, 0.25) is 0 Å². The van der Waals surface area contributed by atoms with Crippen molar-refractivity contribution < 1.29 is 8.42 Å². The Hall–Kier alpha value is -0.740. The number of rotatable bonds is 7. The predicted octanol–water partition coefficient (Wildman–Crippen LogP) is 3.30. The van der Waals surface area contributed by atoms with Gasteiger partial charge in [0.25, 0.3) is 0 Å². The van der Waals surface area contributed by atoms with Crippen molar-refractivity contribution in [2.45, 2.75) is 37.0 Å². The molecule has 1 aromatic carbocycles. The minimum atomic E-state index is -3.19. The van der Waals surface area contributed by atoms with E-state index in [0.717, 1.165) is 12.8 Å². The summed E-state index contributed by atoms with van der Waals surface area (Å²) in [6.07, 6.45) is 1.93. The van der Waals surface area contributed by atoms with E-state index in [1.165, 1.54) is 0 Å². The molecule has 0 fully saturated rings. The van der Waals surface area contributed by atoms with Crippen LogP contribution < -0.4 is 5.32 Å². The standard InChI is InChI=1S/C13H20ClNO2S/c1-3-7-11(14)10-15-12-8-5-6-9-13(12)18(16,17)4-2/h5-6,8-9,11,15H,3-4,7,10H2,1-2H3. The molecule has 1 atom stereocenters. The van der Waals surface area contributed by atoms with Gasteiger partial charge in [0, 0.05) is 6.54 Å². The second kappa shape index (κ2) is 7.00. The van der Waals surface area contributed by atoms with Crippen LogP contribution in [0.5, 0.6) is 0 Å². The smallest absolute Gasteiger partial charge is 0.180 e. The molecule has 1 rings (SSSR count). The van der Waals surface area contributed by atoms with Gasteiger partial charge >= 0.3 is 0 Å². The van der Waals surface area contributed by atoms with E-state index in [9.17, 15) is 8.42 Å². The number of halogens is 1. The maximum atomic E-state index is 11.9. The van der Waals surface area contributed by atoms with Gasteiger partial charge in [-0.1, -0.05) is 32.4 Å². The lowest BCUT2D eigenvalue weighted by Crippen LogP contribution is -2.16. The van der Waals surface area contributed by atoms with Crippen molar-refractivity contribution in [3.63, 3.8) is 0 Å². The van der Waals surface area contributed by atoms with Gasteiger partial charge in [-0.3, -0.25) is 0 Å². The largest absolute Gasteiger partial charge is 0.383 e. The fourth-order valence-electron chi connectivity index (χ4n) is 1.68. The first kappa shape index (κ1) is 15.3. The molecule has 0 saturated heterocycles. The second-order valence-corrected chi connectivity index (χ2v) is 7.03. The van der Waals surface area contributed by atoms with Crippen molar-refractivity contribution in [1.82, 2.24) is 0 Å².